The largest absolute Gasteiger partial charge is 0.350 e. The molecule has 0 unspecified atom stereocenters. The third kappa shape index (κ3) is 6.48. The maximum atomic E-state index is 13.1. The predicted octanol–water partition coefficient (Wildman–Crippen LogP) is 4.01. The zero-order chi connectivity index (χ0) is 20.9. The molecule has 4 nitrogen and oxygen atoms in total. The first-order valence-electron chi connectivity index (χ1n) is 9.46. The second-order valence-electron chi connectivity index (χ2n) is 8.23. The van der Waals surface area contributed by atoms with E-state index in [1.165, 1.54) is 12.1 Å². The van der Waals surface area contributed by atoms with Crippen LogP contribution in [0.1, 0.15) is 44.4 Å². The van der Waals surface area contributed by atoms with Crippen LogP contribution in [0.5, 0.6) is 0 Å². The Hall–Kier alpha value is -2.69. The molecular weight excluding hydrogens is 355 g/mol. The number of hydrogen-bond donors (Lipinski definition) is 1. The minimum Gasteiger partial charge on any atom is -0.350 e. The number of benzene rings is 2. The van der Waals surface area contributed by atoms with Crippen LogP contribution >= 0.6 is 0 Å². The average Bonchev–Trinajstić information content (AvgIpc) is 2.61. The first-order chi connectivity index (χ1) is 13.0. The molecule has 2 rings (SSSR count). The number of carbonyl (C=O) groups is 2. The first-order valence-corrected chi connectivity index (χ1v) is 9.46. The van der Waals surface area contributed by atoms with Crippen molar-refractivity contribution >= 4 is 11.8 Å². The molecule has 1 atom stereocenters. The monoisotopic (exact) mass is 384 g/mol. The summed E-state index contributed by atoms with van der Waals surface area (Å²) in [6, 6.07) is 13.1. The van der Waals surface area contributed by atoms with Gasteiger partial charge in [0.25, 0.3) is 0 Å². The maximum absolute atomic E-state index is 13.1. The van der Waals surface area contributed by atoms with Crippen LogP contribution in [0.25, 0.3) is 0 Å². The third-order valence-corrected chi connectivity index (χ3v) is 4.41. The first kappa shape index (κ1) is 21.6. The fraction of sp³-hybridized carbons (Fsp3) is 0.391. The molecule has 2 aromatic carbocycles. The Balaban J connectivity index is 2.23. The fourth-order valence-electron chi connectivity index (χ4n) is 2.83. The third-order valence-electron chi connectivity index (χ3n) is 4.41. The summed E-state index contributed by atoms with van der Waals surface area (Å²) >= 11 is 0. The Labute approximate surface area is 166 Å². The van der Waals surface area contributed by atoms with Gasteiger partial charge in [-0.1, -0.05) is 42.0 Å². The zero-order valence-corrected chi connectivity index (χ0v) is 17.3. The Morgan fingerprint density at radius 2 is 1.54 bits per heavy atom. The molecule has 0 saturated heterocycles. The van der Waals surface area contributed by atoms with E-state index < -0.39 is 6.04 Å². The highest BCUT2D eigenvalue weighted by atomic mass is 19.1. The second-order valence-corrected chi connectivity index (χ2v) is 8.23. The highest BCUT2D eigenvalue weighted by Gasteiger charge is 2.28. The van der Waals surface area contributed by atoms with Gasteiger partial charge in [-0.2, -0.15) is 0 Å². The Morgan fingerprint density at radius 1 is 1.00 bits per heavy atom. The smallest absolute Gasteiger partial charge is 0.242 e. The topological polar surface area (TPSA) is 49.4 Å². The van der Waals surface area contributed by atoms with E-state index in [4.69, 9.17) is 0 Å². The molecule has 0 aliphatic heterocycles. The van der Waals surface area contributed by atoms with Gasteiger partial charge in [-0.15, -0.1) is 0 Å². The average molecular weight is 384 g/mol. The number of nitrogens with one attached hydrogen (secondary N) is 1. The number of carbonyl (C=O) groups excluding carboxylic acids is 2. The van der Waals surface area contributed by atoms with Gasteiger partial charge < -0.3 is 10.2 Å². The van der Waals surface area contributed by atoms with Crippen molar-refractivity contribution in [2.45, 2.75) is 59.2 Å². The van der Waals surface area contributed by atoms with Gasteiger partial charge in [-0.3, -0.25) is 9.59 Å². The number of amides is 2. The lowest BCUT2D eigenvalue weighted by Crippen LogP contribution is -2.52. The number of hydrogen-bond acceptors (Lipinski definition) is 2. The summed E-state index contributed by atoms with van der Waals surface area (Å²) in [7, 11) is 0. The van der Waals surface area contributed by atoms with Crippen LogP contribution in [0, 0.1) is 12.7 Å². The molecule has 0 aliphatic rings. The van der Waals surface area contributed by atoms with E-state index in [0.29, 0.717) is 12.1 Å². The van der Waals surface area contributed by atoms with Gasteiger partial charge in [-0.25, -0.2) is 4.39 Å². The molecule has 1 N–H and O–H groups in total. The van der Waals surface area contributed by atoms with Gasteiger partial charge in [0.2, 0.25) is 11.8 Å². The standard InChI is InChI=1S/C23H29FN2O2/c1-16-6-8-19(9-7-16)15-26(17(2)22(28)25-23(3,4)5)21(27)14-18-10-12-20(24)13-11-18/h6-13,17H,14-15H2,1-5H3,(H,25,28)/t17-/m1/s1. The molecule has 150 valence electrons. The molecule has 5 heteroatoms. The van der Waals surface area contributed by atoms with Crippen LogP contribution in [0.4, 0.5) is 4.39 Å². The van der Waals surface area contributed by atoms with Crippen molar-refractivity contribution in [1.29, 1.82) is 0 Å². The van der Waals surface area contributed by atoms with E-state index in [9.17, 15) is 14.0 Å². The van der Waals surface area contributed by atoms with Gasteiger partial charge >= 0.3 is 0 Å². The molecular formula is C23H29FN2O2. The summed E-state index contributed by atoms with van der Waals surface area (Å²) in [6.07, 6.45) is 0.110. The molecule has 0 heterocycles. The normalized spacial score (nSPS) is 12.4. The second kappa shape index (κ2) is 9.00. The fourth-order valence-corrected chi connectivity index (χ4v) is 2.83. The van der Waals surface area contributed by atoms with Crippen LogP contribution in [0.2, 0.25) is 0 Å². The summed E-state index contributed by atoms with van der Waals surface area (Å²) in [4.78, 5) is 27.3. The van der Waals surface area contributed by atoms with Gasteiger partial charge in [0.1, 0.15) is 11.9 Å². The number of halogens is 1. The van der Waals surface area contributed by atoms with Crippen molar-refractivity contribution < 1.29 is 14.0 Å². The molecule has 0 radical (unpaired) electrons. The van der Waals surface area contributed by atoms with Gasteiger partial charge in [-0.05, 0) is 57.9 Å². The van der Waals surface area contributed by atoms with E-state index >= 15 is 0 Å². The zero-order valence-electron chi connectivity index (χ0n) is 17.3. The van der Waals surface area contributed by atoms with Crippen LogP contribution in [0.15, 0.2) is 48.5 Å². The minimum absolute atomic E-state index is 0.110. The van der Waals surface area contributed by atoms with Crippen LogP contribution < -0.4 is 5.32 Å². The van der Waals surface area contributed by atoms with Crippen LogP contribution in [-0.2, 0) is 22.6 Å². The van der Waals surface area contributed by atoms with E-state index in [2.05, 4.69) is 5.32 Å². The highest BCUT2D eigenvalue weighted by Crippen LogP contribution is 2.14. The Bertz CT molecular complexity index is 808. The summed E-state index contributed by atoms with van der Waals surface area (Å²) in [5.74, 6) is -0.721. The van der Waals surface area contributed by atoms with Crippen LogP contribution in [0.3, 0.4) is 0 Å². The molecule has 0 saturated carbocycles. The van der Waals surface area contributed by atoms with Gasteiger partial charge in [0.15, 0.2) is 0 Å². The molecule has 0 spiro atoms. The molecule has 0 aliphatic carbocycles. The van der Waals surface area contributed by atoms with Crippen molar-refractivity contribution in [2.75, 3.05) is 0 Å². The molecule has 0 bridgehead atoms. The SMILES string of the molecule is Cc1ccc(CN(C(=O)Cc2ccc(F)cc2)[C@H](C)C(=O)NC(C)(C)C)cc1. The lowest BCUT2D eigenvalue weighted by molar-refractivity contribution is -0.140. The molecule has 2 amide bonds. The Morgan fingerprint density at radius 3 is 2.07 bits per heavy atom. The highest BCUT2D eigenvalue weighted by molar-refractivity contribution is 5.88. The maximum Gasteiger partial charge on any atom is 0.242 e. The van der Waals surface area contributed by atoms with Crippen molar-refractivity contribution in [2.24, 2.45) is 0 Å². The Kier molecular flexibility index (Phi) is 6.95. The summed E-state index contributed by atoms with van der Waals surface area (Å²) < 4.78 is 13.1. The minimum atomic E-state index is -0.631. The summed E-state index contributed by atoms with van der Waals surface area (Å²) in [6.45, 7) is 9.78. The van der Waals surface area contributed by atoms with Crippen molar-refractivity contribution in [3.05, 3.63) is 71.0 Å². The molecule has 0 fully saturated rings. The molecule has 28 heavy (non-hydrogen) atoms. The quantitative estimate of drug-likeness (QED) is 0.818. The van der Waals surface area contributed by atoms with E-state index in [1.54, 1.807) is 24.0 Å². The number of aryl methyl sites for hydroxylation is 1. The number of nitrogens with zero attached hydrogens (tertiary/aromatic N) is 1. The van der Waals surface area contributed by atoms with E-state index in [1.807, 2.05) is 52.0 Å². The van der Waals surface area contributed by atoms with Crippen molar-refractivity contribution in [3.63, 3.8) is 0 Å². The predicted molar refractivity (Wildman–Crippen MR) is 109 cm³/mol. The molecule has 0 aromatic heterocycles. The van der Waals surface area contributed by atoms with Crippen LogP contribution in [-0.4, -0.2) is 28.3 Å². The summed E-state index contributed by atoms with van der Waals surface area (Å²) in [5, 5.41) is 2.94. The lowest BCUT2D eigenvalue weighted by atomic mass is 10.1. The lowest BCUT2D eigenvalue weighted by Gasteiger charge is -2.31. The molecule has 2 aromatic rings. The van der Waals surface area contributed by atoms with Gasteiger partial charge in [0.05, 0.1) is 6.42 Å². The van der Waals surface area contributed by atoms with Crippen molar-refractivity contribution in [1.82, 2.24) is 10.2 Å². The van der Waals surface area contributed by atoms with E-state index in [-0.39, 0.29) is 29.6 Å². The van der Waals surface area contributed by atoms with Crippen molar-refractivity contribution in [3.8, 4) is 0 Å². The van der Waals surface area contributed by atoms with Gasteiger partial charge in [0, 0.05) is 12.1 Å². The summed E-state index contributed by atoms with van der Waals surface area (Å²) in [5.41, 5.74) is 2.41. The van der Waals surface area contributed by atoms with E-state index in [0.717, 1.165) is 11.1 Å². The number of rotatable bonds is 6.